The first-order chi connectivity index (χ1) is 17.5. The second-order valence-corrected chi connectivity index (χ2v) is 8.51. The van der Waals surface area contributed by atoms with Crippen molar-refractivity contribution in [3.8, 4) is 11.5 Å². The molecule has 180 valence electrons. The quantitative estimate of drug-likeness (QED) is 0.414. The maximum atomic E-state index is 13.4. The van der Waals surface area contributed by atoms with Gasteiger partial charge in [0.15, 0.2) is 23.9 Å². The van der Waals surface area contributed by atoms with Gasteiger partial charge in [-0.15, -0.1) is 0 Å². The molecule has 3 heterocycles. The molecule has 2 aromatic carbocycles. The summed E-state index contributed by atoms with van der Waals surface area (Å²) in [7, 11) is 0. The lowest BCUT2D eigenvalue weighted by Gasteiger charge is -2.22. The molecule has 36 heavy (non-hydrogen) atoms. The van der Waals surface area contributed by atoms with Gasteiger partial charge in [0.05, 0.1) is 16.8 Å². The van der Waals surface area contributed by atoms with Gasteiger partial charge in [0, 0.05) is 5.39 Å². The van der Waals surface area contributed by atoms with Crippen molar-refractivity contribution in [1.29, 1.82) is 0 Å². The van der Waals surface area contributed by atoms with E-state index in [2.05, 4.69) is 21.0 Å². The molecule has 0 atom stereocenters. The first-order valence-corrected chi connectivity index (χ1v) is 11.5. The van der Waals surface area contributed by atoms with Crippen LogP contribution < -0.4 is 20.9 Å². The predicted molar refractivity (Wildman–Crippen MR) is 133 cm³/mol. The van der Waals surface area contributed by atoms with Gasteiger partial charge >= 0.3 is 5.97 Å². The fourth-order valence-corrected chi connectivity index (χ4v) is 4.64. The summed E-state index contributed by atoms with van der Waals surface area (Å²) in [5.74, 6) is 1.10. The molecule has 0 saturated carbocycles. The summed E-state index contributed by atoms with van der Waals surface area (Å²) in [4.78, 5) is 30.1. The molecule has 10 heteroatoms. The minimum atomic E-state index is -0.480. The van der Waals surface area contributed by atoms with E-state index in [0.29, 0.717) is 12.0 Å². The first kappa shape index (κ1) is 21.8. The van der Waals surface area contributed by atoms with E-state index < -0.39 is 5.97 Å². The average molecular weight is 483 g/mol. The predicted octanol–water partition coefficient (Wildman–Crippen LogP) is 3.55. The van der Waals surface area contributed by atoms with Crippen molar-refractivity contribution >= 4 is 40.4 Å². The Morgan fingerprint density at radius 1 is 0.972 bits per heavy atom. The number of nitrogens with two attached hydrogens (primary N) is 2. The number of para-hydroxylation sites is 1. The highest BCUT2D eigenvalue weighted by molar-refractivity contribution is 6.06. The van der Waals surface area contributed by atoms with Crippen LogP contribution >= 0.6 is 0 Å². The number of fused-ring (bicyclic) bond motifs is 3. The summed E-state index contributed by atoms with van der Waals surface area (Å²) in [6.07, 6.45) is 4.52. The molecule has 6 rings (SSSR count). The fourth-order valence-electron chi connectivity index (χ4n) is 4.64. The molecule has 1 aliphatic heterocycles. The number of carbonyl (C=O) groups is 1. The maximum absolute atomic E-state index is 13.4. The number of hydrogen-bond donors (Lipinski definition) is 2. The Balaban J connectivity index is 1.40. The Morgan fingerprint density at radius 3 is 2.64 bits per heavy atom. The molecule has 0 fully saturated rings. The summed E-state index contributed by atoms with van der Waals surface area (Å²) < 4.78 is 16.6. The monoisotopic (exact) mass is 482 g/mol. The van der Waals surface area contributed by atoms with Gasteiger partial charge in [-0.3, -0.25) is 0 Å². The number of pyridine rings is 1. The third kappa shape index (κ3) is 4.02. The number of allylic oxidation sites excluding steroid dienone is 1. The van der Waals surface area contributed by atoms with Crippen molar-refractivity contribution < 1.29 is 19.0 Å². The second-order valence-electron chi connectivity index (χ2n) is 8.51. The van der Waals surface area contributed by atoms with Crippen LogP contribution in [0.4, 0.5) is 11.9 Å². The van der Waals surface area contributed by atoms with Crippen LogP contribution in [-0.2, 0) is 17.8 Å². The molecule has 0 saturated heterocycles. The Labute approximate surface area is 206 Å². The summed E-state index contributed by atoms with van der Waals surface area (Å²) in [6, 6.07) is 13.4. The van der Waals surface area contributed by atoms with E-state index in [1.807, 2.05) is 42.5 Å². The van der Waals surface area contributed by atoms with Crippen LogP contribution in [0.15, 0.2) is 42.5 Å². The van der Waals surface area contributed by atoms with Gasteiger partial charge in [-0.2, -0.15) is 15.0 Å². The van der Waals surface area contributed by atoms with Crippen molar-refractivity contribution in [3.05, 3.63) is 70.7 Å². The van der Waals surface area contributed by atoms with Crippen LogP contribution in [0.25, 0.3) is 22.6 Å². The number of nitrogen functional groups attached to an aromatic ring is 2. The van der Waals surface area contributed by atoms with Gasteiger partial charge < -0.3 is 25.7 Å². The van der Waals surface area contributed by atoms with Crippen molar-refractivity contribution in [2.24, 2.45) is 0 Å². The fraction of sp³-hybridized carbons (Fsp3) is 0.192. The molecule has 4 aromatic rings. The molecule has 10 nitrogen and oxygen atoms in total. The summed E-state index contributed by atoms with van der Waals surface area (Å²) in [6.45, 7) is 0.0436. The Hall–Kier alpha value is -4.73. The van der Waals surface area contributed by atoms with Gasteiger partial charge in [-0.1, -0.05) is 24.3 Å². The lowest BCUT2D eigenvalue weighted by Crippen LogP contribution is -2.16. The van der Waals surface area contributed by atoms with Gasteiger partial charge in [0.2, 0.25) is 18.7 Å². The number of nitrogens with zero attached hydrogens (tertiary/aromatic N) is 4. The zero-order valence-electron chi connectivity index (χ0n) is 19.2. The molecule has 1 aliphatic carbocycles. The summed E-state index contributed by atoms with van der Waals surface area (Å²) >= 11 is 0. The molecule has 0 bridgehead atoms. The SMILES string of the molecule is Nc1nc(N)nc(COC(=O)c2c3c(nc4ccccc24)C(=Cc2ccc4c(c2)OCO4)CCC3)n1. The highest BCUT2D eigenvalue weighted by Gasteiger charge is 2.26. The molecule has 0 unspecified atom stereocenters. The Bertz CT molecular complexity index is 1530. The van der Waals surface area contributed by atoms with E-state index in [9.17, 15) is 4.79 Å². The Morgan fingerprint density at radius 2 is 1.78 bits per heavy atom. The number of hydrogen-bond acceptors (Lipinski definition) is 10. The van der Waals surface area contributed by atoms with Crippen LogP contribution in [0, 0.1) is 0 Å². The van der Waals surface area contributed by atoms with E-state index in [-0.39, 0.29) is 31.1 Å². The number of benzene rings is 2. The second kappa shape index (κ2) is 8.81. The van der Waals surface area contributed by atoms with Crippen LogP contribution in [-0.4, -0.2) is 32.7 Å². The smallest absolute Gasteiger partial charge is 0.339 e. The van der Waals surface area contributed by atoms with Gasteiger partial charge in [0.1, 0.15) is 0 Å². The molecular formula is C26H22N6O4. The van der Waals surface area contributed by atoms with E-state index in [4.69, 9.17) is 30.7 Å². The molecule has 2 aromatic heterocycles. The molecule has 0 amide bonds. The van der Waals surface area contributed by atoms with Crippen molar-refractivity contribution in [3.63, 3.8) is 0 Å². The topological polar surface area (TPSA) is 148 Å². The van der Waals surface area contributed by atoms with E-state index in [0.717, 1.165) is 57.6 Å². The molecule has 0 spiro atoms. The molecule has 4 N–H and O–H groups in total. The van der Waals surface area contributed by atoms with Crippen molar-refractivity contribution in [1.82, 2.24) is 19.9 Å². The molecular weight excluding hydrogens is 460 g/mol. The Kier molecular flexibility index (Phi) is 5.33. The highest BCUT2D eigenvalue weighted by Crippen LogP contribution is 2.38. The third-order valence-corrected chi connectivity index (χ3v) is 6.16. The average Bonchev–Trinajstić information content (AvgIpc) is 3.34. The van der Waals surface area contributed by atoms with Gasteiger partial charge in [-0.05, 0) is 60.2 Å². The van der Waals surface area contributed by atoms with Crippen LogP contribution in [0.2, 0.25) is 0 Å². The van der Waals surface area contributed by atoms with Crippen LogP contribution in [0.1, 0.15) is 45.8 Å². The molecule has 0 radical (unpaired) electrons. The van der Waals surface area contributed by atoms with Gasteiger partial charge in [-0.25, -0.2) is 9.78 Å². The zero-order valence-corrected chi connectivity index (χ0v) is 19.2. The first-order valence-electron chi connectivity index (χ1n) is 11.5. The summed E-state index contributed by atoms with van der Waals surface area (Å²) in [5, 5.41) is 0.736. The lowest BCUT2D eigenvalue weighted by atomic mass is 9.86. The third-order valence-electron chi connectivity index (χ3n) is 6.16. The number of aromatic nitrogens is 4. The molecule has 2 aliphatic rings. The number of anilines is 2. The lowest BCUT2D eigenvalue weighted by molar-refractivity contribution is 0.0463. The summed E-state index contributed by atoms with van der Waals surface area (Å²) in [5.41, 5.74) is 16.2. The van der Waals surface area contributed by atoms with Crippen molar-refractivity contribution in [2.45, 2.75) is 25.9 Å². The number of esters is 1. The minimum absolute atomic E-state index is 0.0291. The maximum Gasteiger partial charge on any atom is 0.339 e. The van der Waals surface area contributed by atoms with E-state index in [1.165, 1.54) is 0 Å². The van der Waals surface area contributed by atoms with Gasteiger partial charge in [0.25, 0.3) is 0 Å². The highest BCUT2D eigenvalue weighted by atomic mass is 16.7. The zero-order chi connectivity index (χ0) is 24.6. The van der Waals surface area contributed by atoms with E-state index in [1.54, 1.807) is 0 Å². The standard InChI is InChI=1S/C26H22N6O4/c27-25-30-21(31-26(28)32-25)12-34-24(33)22-16-5-1-2-7-18(16)29-23-15(4-3-6-17(22)23)10-14-8-9-19-20(11-14)36-13-35-19/h1-2,5,7-11H,3-4,6,12-13H2,(H4,27,28,30,31,32). The number of carbonyl (C=O) groups excluding carboxylic acids is 1. The normalized spacial score (nSPS) is 15.2. The van der Waals surface area contributed by atoms with E-state index >= 15 is 0 Å². The minimum Gasteiger partial charge on any atom is -0.454 e. The largest absolute Gasteiger partial charge is 0.454 e. The number of rotatable bonds is 4. The van der Waals surface area contributed by atoms with Crippen LogP contribution in [0.5, 0.6) is 11.5 Å². The number of ether oxygens (including phenoxy) is 3. The van der Waals surface area contributed by atoms with Crippen molar-refractivity contribution in [2.75, 3.05) is 18.3 Å². The van der Waals surface area contributed by atoms with Crippen LogP contribution in [0.3, 0.4) is 0 Å².